The number of nitrogens with two attached hydrogens (primary N) is 1. The molecule has 1 saturated heterocycles. The van der Waals surface area contributed by atoms with Gasteiger partial charge in [0.1, 0.15) is 5.82 Å². The maximum Gasteiger partial charge on any atom is 0.128 e. The van der Waals surface area contributed by atoms with Crippen molar-refractivity contribution in [3.8, 4) is 0 Å². The van der Waals surface area contributed by atoms with Crippen LogP contribution in [0.15, 0.2) is 18.3 Å². The summed E-state index contributed by atoms with van der Waals surface area (Å²) in [5.74, 6) is 1.60. The normalized spacial score (nSPS) is 25.9. The Kier molecular flexibility index (Phi) is 3.12. The maximum absolute atomic E-state index is 5.81. The Morgan fingerprint density at radius 3 is 2.93 bits per heavy atom. The summed E-state index contributed by atoms with van der Waals surface area (Å²) in [6.45, 7) is 3.98. The number of hydrogen-bond donors (Lipinski definition) is 1. The lowest BCUT2D eigenvalue weighted by Gasteiger charge is -2.22. The number of anilines is 1. The zero-order valence-corrected chi connectivity index (χ0v) is 9.61. The Morgan fingerprint density at radius 2 is 2.40 bits per heavy atom. The molecule has 2 atom stereocenters. The quantitative estimate of drug-likeness (QED) is 0.836. The summed E-state index contributed by atoms with van der Waals surface area (Å²) in [4.78, 5) is 6.63. The van der Waals surface area contributed by atoms with Gasteiger partial charge in [0.25, 0.3) is 0 Å². The number of hydrogen-bond acceptors (Lipinski definition) is 3. The summed E-state index contributed by atoms with van der Waals surface area (Å²) in [7, 11) is 0. The molecule has 1 aromatic rings. The van der Waals surface area contributed by atoms with Gasteiger partial charge in [0.2, 0.25) is 0 Å². The van der Waals surface area contributed by atoms with E-state index in [4.69, 9.17) is 17.3 Å². The lowest BCUT2D eigenvalue weighted by molar-refractivity contribution is 0.579. The monoisotopic (exact) mass is 225 g/mol. The summed E-state index contributed by atoms with van der Waals surface area (Å²) in [6.07, 6.45) is 2.85. The molecule has 0 spiro atoms. The van der Waals surface area contributed by atoms with E-state index >= 15 is 0 Å². The Morgan fingerprint density at radius 1 is 1.60 bits per heavy atom. The Hall–Kier alpha value is -0.800. The van der Waals surface area contributed by atoms with Gasteiger partial charge in [0, 0.05) is 18.8 Å². The van der Waals surface area contributed by atoms with E-state index in [-0.39, 0.29) is 0 Å². The van der Waals surface area contributed by atoms with E-state index < -0.39 is 0 Å². The van der Waals surface area contributed by atoms with E-state index in [9.17, 15) is 0 Å². The standard InChI is InChI=1S/C11H16ClN3/c1-8-4-9(5-13)7-15(8)11-3-2-10(12)6-14-11/h2-3,6,8-9H,4-5,7,13H2,1H3. The summed E-state index contributed by atoms with van der Waals surface area (Å²) in [6, 6.07) is 4.37. The zero-order valence-electron chi connectivity index (χ0n) is 8.86. The van der Waals surface area contributed by atoms with Gasteiger partial charge in [-0.25, -0.2) is 4.98 Å². The second-order valence-electron chi connectivity index (χ2n) is 4.17. The van der Waals surface area contributed by atoms with Crippen LogP contribution >= 0.6 is 11.6 Å². The first kappa shape index (κ1) is 10.7. The Balaban J connectivity index is 2.14. The molecule has 82 valence electrons. The zero-order chi connectivity index (χ0) is 10.8. The minimum atomic E-state index is 0.521. The highest BCUT2D eigenvalue weighted by molar-refractivity contribution is 6.30. The van der Waals surface area contributed by atoms with E-state index in [1.54, 1.807) is 6.20 Å². The second-order valence-corrected chi connectivity index (χ2v) is 4.61. The lowest BCUT2D eigenvalue weighted by Crippen LogP contribution is -2.28. The van der Waals surface area contributed by atoms with Crippen LogP contribution in [-0.4, -0.2) is 24.1 Å². The van der Waals surface area contributed by atoms with Gasteiger partial charge in [0.15, 0.2) is 0 Å². The van der Waals surface area contributed by atoms with Crippen LogP contribution in [0.3, 0.4) is 0 Å². The van der Waals surface area contributed by atoms with Gasteiger partial charge in [-0.1, -0.05) is 11.6 Å². The van der Waals surface area contributed by atoms with Crippen molar-refractivity contribution in [2.45, 2.75) is 19.4 Å². The van der Waals surface area contributed by atoms with Crippen LogP contribution in [0.5, 0.6) is 0 Å². The molecule has 15 heavy (non-hydrogen) atoms. The highest BCUT2D eigenvalue weighted by Crippen LogP contribution is 2.27. The highest BCUT2D eigenvalue weighted by Gasteiger charge is 2.28. The van der Waals surface area contributed by atoms with Crippen LogP contribution in [0.4, 0.5) is 5.82 Å². The Bertz CT molecular complexity index is 325. The molecule has 0 bridgehead atoms. The van der Waals surface area contributed by atoms with E-state index in [0.717, 1.165) is 25.3 Å². The van der Waals surface area contributed by atoms with Crippen LogP contribution in [-0.2, 0) is 0 Å². The average molecular weight is 226 g/mol. The van der Waals surface area contributed by atoms with E-state index in [1.165, 1.54) is 0 Å². The third-order valence-electron chi connectivity index (χ3n) is 3.00. The van der Waals surface area contributed by atoms with Crippen LogP contribution < -0.4 is 10.6 Å². The van der Waals surface area contributed by atoms with Crippen LogP contribution in [0.2, 0.25) is 5.02 Å². The minimum absolute atomic E-state index is 0.521. The molecule has 0 aromatic carbocycles. The smallest absolute Gasteiger partial charge is 0.128 e. The molecule has 2 rings (SSSR count). The van der Waals surface area contributed by atoms with Crippen molar-refractivity contribution in [1.29, 1.82) is 0 Å². The van der Waals surface area contributed by atoms with E-state index in [1.807, 2.05) is 12.1 Å². The second kappa shape index (κ2) is 4.37. The van der Waals surface area contributed by atoms with Crippen molar-refractivity contribution in [1.82, 2.24) is 4.98 Å². The van der Waals surface area contributed by atoms with Crippen LogP contribution in [0.1, 0.15) is 13.3 Å². The molecule has 1 aliphatic rings. The van der Waals surface area contributed by atoms with Crippen molar-refractivity contribution < 1.29 is 0 Å². The molecule has 0 saturated carbocycles. The molecule has 0 aliphatic carbocycles. The van der Waals surface area contributed by atoms with Gasteiger partial charge >= 0.3 is 0 Å². The van der Waals surface area contributed by atoms with Crippen LogP contribution in [0, 0.1) is 5.92 Å². The van der Waals surface area contributed by atoms with Gasteiger partial charge in [-0.15, -0.1) is 0 Å². The van der Waals surface area contributed by atoms with Gasteiger partial charge in [-0.3, -0.25) is 0 Å². The molecule has 1 aromatic heterocycles. The summed E-state index contributed by atoms with van der Waals surface area (Å²) in [5.41, 5.74) is 5.69. The molecular weight excluding hydrogens is 210 g/mol. The fourth-order valence-corrected chi connectivity index (χ4v) is 2.28. The number of pyridine rings is 1. The molecule has 0 amide bonds. The molecule has 1 fully saturated rings. The van der Waals surface area contributed by atoms with Crippen molar-refractivity contribution >= 4 is 17.4 Å². The predicted molar refractivity (Wildman–Crippen MR) is 63.2 cm³/mol. The van der Waals surface area contributed by atoms with Gasteiger partial charge < -0.3 is 10.6 Å². The van der Waals surface area contributed by atoms with E-state index in [0.29, 0.717) is 17.0 Å². The summed E-state index contributed by atoms with van der Waals surface area (Å²) >= 11 is 5.81. The fourth-order valence-electron chi connectivity index (χ4n) is 2.17. The number of rotatable bonds is 2. The van der Waals surface area contributed by atoms with Crippen molar-refractivity contribution in [3.05, 3.63) is 23.4 Å². The molecule has 3 nitrogen and oxygen atoms in total. The third-order valence-corrected chi connectivity index (χ3v) is 3.22. The first-order valence-electron chi connectivity index (χ1n) is 5.29. The average Bonchev–Trinajstić information content (AvgIpc) is 2.61. The van der Waals surface area contributed by atoms with Gasteiger partial charge in [-0.2, -0.15) is 0 Å². The Labute approximate surface area is 95.2 Å². The molecule has 0 radical (unpaired) electrons. The SMILES string of the molecule is CC1CC(CN)CN1c1ccc(Cl)cn1. The molecule has 2 unspecified atom stereocenters. The van der Waals surface area contributed by atoms with Gasteiger partial charge in [0.05, 0.1) is 5.02 Å². The van der Waals surface area contributed by atoms with Crippen LogP contribution in [0.25, 0.3) is 0 Å². The number of nitrogens with zero attached hydrogens (tertiary/aromatic N) is 2. The molecule has 1 aliphatic heterocycles. The molecule has 2 heterocycles. The largest absolute Gasteiger partial charge is 0.354 e. The number of aromatic nitrogens is 1. The summed E-state index contributed by atoms with van der Waals surface area (Å²) < 4.78 is 0. The molecule has 4 heteroatoms. The van der Waals surface area contributed by atoms with Gasteiger partial charge in [-0.05, 0) is 37.9 Å². The summed E-state index contributed by atoms with van der Waals surface area (Å²) in [5, 5.41) is 0.681. The maximum atomic E-state index is 5.81. The minimum Gasteiger partial charge on any atom is -0.354 e. The fraction of sp³-hybridized carbons (Fsp3) is 0.545. The predicted octanol–water partition coefficient (Wildman–Crippen LogP) is 1.91. The highest BCUT2D eigenvalue weighted by atomic mass is 35.5. The van der Waals surface area contributed by atoms with Crippen molar-refractivity contribution in [2.24, 2.45) is 11.7 Å². The molecular formula is C11H16ClN3. The first-order chi connectivity index (χ1) is 7.20. The van der Waals surface area contributed by atoms with E-state index in [2.05, 4.69) is 16.8 Å². The van der Waals surface area contributed by atoms with Crippen molar-refractivity contribution in [3.63, 3.8) is 0 Å². The first-order valence-corrected chi connectivity index (χ1v) is 5.66. The molecule has 2 N–H and O–H groups in total. The van der Waals surface area contributed by atoms with Crippen molar-refractivity contribution in [2.75, 3.05) is 18.0 Å². The third kappa shape index (κ3) is 2.24. The lowest BCUT2D eigenvalue weighted by atomic mass is 10.1. The number of halogens is 1. The topological polar surface area (TPSA) is 42.1 Å².